The summed E-state index contributed by atoms with van der Waals surface area (Å²) < 4.78 is 21.5. The van der Waals surface area contributed by atoms with E-state index in [1.807, 2.05) is 13.0 Å². The van der Waals surface area contributed by atoms with Crippen LogP contribution in [0.15, 0.2) is 47.1 Å². The van der Waals surface area contributed by atoms with E-state index in [4.69, 9.17) is 18.9 Å². The molecule has 33 heavy (non-hydrogen) atoms. The van der Waals surface area contributed by atoms with Gasteiger partial charge in [-0.25, -0.2) is 9.59 Å². The fourth-order valence-corrected chi connectivity index (χ4v) is 3.73. The van der Waals surface area contributed by atoms with Crippen molar-refractivity contribution in [2.75, 3.05) is 13.2 Å². The molecular formula is C24H30O9. The van der Waals surface area contributed by atoms with Gasteiger partial charge in [-0.2, -0.15) is 0 Å². The topological polar surface area (TPSA) is 125 Å². The van der Waals surface area contributed by atoms with E-state index >= 15 is 0 Å². The highest BCUT2D eigenvalue weighted by Crippen LogP contribution is 2.36. The molecule has 0 amide bonds. The van der Waals surface area contributed by atoms with E-state index in [1.54, 1.807) is 13.0 Å². The van der Waals surface area contributed by atoms with Crippen LogP contribution in [0.1, 0.15) is 40.5 Å². The lowest BCUT2D eigenvalue weighted by atomic mass is 9.85. The average Bonchev–Trinajstić information content (AvgIpc) is 2.99. The van der Waals surface area contributed by atoms with Crippen molar-refractivity contribution in [3.8, 4) is 0 Å². The zero-order chi connectivity index (χ0) is 24.7. The lowest BCUT2D eigenvalue weighted by molar-refractivity contribution is -0.149. The molecule has 0 aromatic heterocycles. The van der Waals surface area contributed by atoms with Crippen molar-refractivity contribution in [2.45, 2.75) is 58.8 Å². The molecule has 1 aliphatic heterocycles. The number of hydrogen-bond acceptors (Lipinski definition) is 9. The maximum atomic E-state index is 12.8. The maximum Gasteiger partial charge on any atom is 0.337 e. The number of hydrogen-bond donors (Lipinski definition) is 1. The molecule has 4 atom stereocenters. The molecule has 9 nitrogen and oxygen atoms in total. The minimum Gasteiger partial charge on any atom is -0.461 e. The van der Waals surface area contributed by atoms with Crippen molar-refractivity contribution in [1.29, 1.82) is 0 Å². The Morgan fingerprint density at radius 1 is 1.21 bits per heavy atom. The molecular weight excluding hydrogens is 432 g/mol. The second-order valence-corrected chi connectivity index (χ2v) is 8.06. The lowest BCUT2D eigenvalue weighted by Crippen LogP contribution is -2.35. The van der Waals surface area contributed by atoms with Crippen LogP contribution in [0, 0.1) is 5.92 Å². The largest absolute Gasteiger partial charge is 0.461 e. The van der Waals surface area contributed by atoms with Gasteiger partial charge in [0.25, 0.3) is 0 Å². The van der Waals surface area contributed by atoms with Crippen LogP contribution in [0.2, 0.25) is 0 Å². The number of aliphatic hydroxyl groups is 1. The monoisotopic (exact) mass is 462 g/mol. The van der Waals surface area contributed by atoms with Gasteiger partial charge in [0, 0.05) is 32.3 Å². The Labute approximate surface area is 192 Å². The number of aliphatic hydroxyl groups excluding tert-OH is 1. The molecule has 1 heterocycles. The van der Waals surface area contributed by atoms with Crippen LogP contribution in [-0.2, 0) is 38.1 Å². The summed E-state index contributed by atoms with van der Waals surface area (Å²) in [5, 5.41) is 9.24. The third kappa shape index (κ3) is 7.15. The zero-order valence-corrected chi connectivity index (χ0v) is 19.3. The fraction of sp³-hybridized carbons (Fsp3) is 0.500. The number of fused-ring (bicyclic) bond motifs is 1. The number of esters is 4. The summed E-state index contributed by atoms with van der Waals surface area (Å²) >= 11 is 0. The van der Waals surface area contributed by atoms with Gasteiger partial charge in [0.1, 0.15) is 24.9 Å². The van der Waals surface area contributed by atoms with Crippen LogP contribution < -0.4 is 0 Å². The molecule has 0 unspecified atom stereocenters. The first-order valence-corrected chi connectivity index (χ1v) is 10.6. The first kappa shape index (κ1) is 26.1. The summed E-state index contributed by atoms with van der Waals surface area (Å²) in [6, 6.07) is 0. The predicted octanol–water partition coefficient (Wildman–Crippen LogP) is 2.10. The Kier molecular flexibility index (Phi) is 9.16. The van der Waals surface area contributed by atoms with Gasteiger partial charge in [-0.15, -0.1) is 0 Å². The van der Waals surface area contributed by atoms with Crippen molar-refractivity contribution in [1.82, 2.24) is 0 Å². The van der Waals surface area contributed by atoms with E-state index in [9.17, 15) is 24.3 Å². The maximum absolute atomic E-state index is 12.8. The minimum absolute atomic E-state index is 0.0273. The molecule has 1 fully saturated rings. The first-order valence-electron chi connectivity index (χ1n) is 10.6. The van der Waals surface area contributed by atoms with Crippen molar-refractivity contribution in [2.24, 2.45) is 5.92 Å². The van der Waals surface area contributed by atoms with Gasteiger partial charge in [0.15, 0.2) is 0 Å². The number of carbonyl (C=O) groups is 4. The summed E-state index contributed by atoms with van der Waals surface area (Å²) in [5.41, 5.74) is 1.67. The quantitative estimate of drug-likeness (QED) is 0.273. The molecule has 1 N–H and O–H groups in total. The molecule has 0 bridgehead atoms. The number of carbonyl (C=O) groups excluding carboxylic acids is 4. The van der Waals surface area contributed by atoms with E-state index in [0.29, 0.717) is 12.0 Å². The summed E-state index contributed by atoms with van der Waals surface area (Å²) in [5.74, 6) is -3.09. The van der Waals surface area contributed by atoms with E-state index in [-0.39, 0.29) is 24.2 Å². The van der Waals surface area contributed by atoms with Crippen molar-refractivity contribution in [3.63, 3.8) is 0 Å². The summed E-state index contributed by atoms with van der Waals surface area (Å²) in [4.78, 5) is 47.9. The Morgan fingerprint density at radius 3 is 2.52 bits per heavy atom. The molecule has 1 aliphatic carbocycles. The molecule has 2 rings (SSSR count). The summed E-state index contributed by atoms with van der Waals surface area (Å²) in [6.07, 6.45) is 3.34. The van der Waals surface area contributed by atoms with E-state index in [0.717, 1.165) is 5.57 Å². The summed E-state index contributed by atoms with van der Waals surface area (Å²) in [7, 11) is 0. The van der Waals surface area contributed by atoms with Crippen molar-refractivity contribution >= 4 is 23.9 Å². The van der Waals surface area contributed by atoms with E-state index in [1.165, 1.54) is 19.9 Å². The molecule has 1 saturated heterocycles. The Balaban J connectivity index is 2.39. The highest BCUT2D eigenvalue weighted by molar-refractivity contribution is 5.92. The second-order valence-electron chi connectivity index (χ2n) is 8.06. The Morgan fingerprint density at radius 2 is 1.91 bits per heavy atom. The van der Waals surface area contributed by atoms with E-state index in [2.05, 4.69) is 6.58 Å². The number of rotatable bonds is 6. The van der Waals surface area contributed by atoms with Crippen LogP contribution in [0.4, 0.5) is 0 Å². The van der Waals surface area contributed by atoms with Crippen LogP contribution in [-0.4, -0.2) is 60.5 Å². The van der Waals surface area contributed by atoms with Gasteiger partial charge >= 0.3 is 23.9 Å². The molecule has 180 valence electrons. The highest BCUT2D eigenvalue weighted by Gasteiger charge is 2.45. The van der Waals surface area contributed by atoms with Gasteiger partial charge < -0.3 is 24.1 Å². The molecule has 9 heteroatoms. The predicted molar refractivity (Wildman–Crippen MR) is 116 cm³/mol. The standard InChI is InChI=1S/C24H30O9/c1-13-6-7-19(31-17(5)27)14(2)11-21-22(15(3)23(28)32-21)20(10-13)33-24(29)18(8-9-25)12-30-16(4)26/h6,8,11,19-22,25H,3,7,9-10,12H2,1-2,4-5H3/b13-6-,14-11-,18-8+/t19-,20+,21+,22+/m0/s1. The zero-order valence-electron chi connectivity index (χ0n) is 19.3. The van der Waals surface area contributed by atoms with Gasteiger partial charge in [0.05, 0.1) is 18.1 Å². The van der Waals surface area contributed by atoms with Crippen molar-refractivity contribution in [3.05, 3.63) is 47.1 Å². The third-order valence-electron chi connectivity index (χ3n) is 5.40. The van der Waals surface area contributed by atoms with Crippen LogP contribution >= 0.6 is 0 Å². The molecule has 0 saturated carbocycles. The van der Waals surface area contributed by atoms with Gasteiger partial charge in [0.2, 0.25) is 0 Å². The molecule has 0 aromatic rings. The minimum atomic E-state index is -0.813. The van der Waals surface area contributed by atoms with Gasteiger partial charge in [-0.1, -0.05) is 18.2 Å². The van der Waals surface area contributed by atoms with Crippen LogP contribution in [0.5, 0.6) is 0 Å². The molecule has 2 aliphatic rings. The molecule has 0 aromatic carbocycles. The Bertz CT molecular complexity index is 909. The lowest BCUT2D eigenvalue weighted by Gasteiger charge is -2.28. The SMILES string of the molecule is C=C1C(=O)O[C@@H]2/C=C(/C)[C@@H](OC(C)=O)C/C=C(/C)C[C@@H](OC(=O)/C(=C/CO)COC(C)=O)[C@@H]12. The summed E-state index contributed by atoms with van der Waals surface area (Å²) in [6.45, 7) is 9.16. The van der Waals surface area contributed by atoms with E-state index < -0.39 is 54.7 Å². The van der Waals surface area contributed by atoms with Gasteiger partial charge in [-0.3, -0.25) is 9.59 Å². The second kappa shape index (κ2) is 11.6. The van der Waals surface area contributed by atoms with Crippen molar-refractivity contribution < 1.29 is 43.2 Å². The molecule has 0 radical (unpaired) electrons. The van der Waals surface area contributed by atoms with Crippen LogP contribution in [0.3, 0.4) is 0 Å². The van der Waals surface area contributed by atoms with Gasteiger partial charge in [-0.05, 0) is 31.6 Å². The Hall–Kier alpha value is -3.20. The highest BCUT2D eigenvalue weighted by atomic mass is 16.6. The first-order chi connectivity index (χ1) is 15.5. The number of ether oxygens (including phenoxy) is 4. The average molecular weight is 462 g/mol. The smallest absolute Gasteiger partial charge is 0.337 e. The van der Waals surface area contributed by atoms with Crippen LogP contribution in [0.25, 0.3) is 0 Å². The fourth-order valence-electron chi connectivity index (χ4n) is 3.73. The normalized spacial score (nSPS) is 28.9. The third-order valence-corrected chi connectivity index (χ3v) is 5.40. The molecule has 0 spiro atoms.